The molecule has 0 fully saturated rings. The monoisotopic (exact) mass is 258 g/mol. The van der Waals surface area contributed by atoms with E-state index in [0.717, 1.165) is 11.1 Å². The molecule has 1 aliphatic rings. The Hall–Kier alpha value is -2.15. The molecule has 0 aliphatic heterocycles. The van der Waals surface area contributed by atoms with Gasteiger partial charge < -0.3 is 0 Å². The van der Waals surface area contributed by atoms with Crippen molar-refractivity contribution in [2.45, 2.75) is 25.2 Å². The normalized spacial score (nSPS) is 17.9. The third kappa shape index (κ3) is 1.90. The summed E-state index contributed by atoms with van der Waals surface area (Å²) in [5.74, 6) is 0.431. The lowest BCUT2D eigenvalue weighted by atomic mass is 9.80. The van der Waals surface area contributed by atoms with Crippen LogP contribution in [-0.4, -0.2) is 4.98 Å². The van der Waals surface area contributed by atoms with Gasteiger partial charge in [-0.05, 0) is 41.8 Å². The average molecular weight is 258 g/mol. The second-order valence-electron chi connectivity index (χ2n) is 5.52. The van der Waals surface area contributed by atoms with E-state index in [1.807, 2.05) is 6.07 Å². The number of fused-ring (bicyclic) bond motifs is 2. The molecule has 0 spiro atoms. The van der Waals surface area contributed by atoms with Crippen molar-refractivity contribution in [3.05, 3.63) is 77.6 Å². The minimum absolute atomic E-state index is 0.431. The summed E-state index contributed by atoms with van der Waals surface area (Å²) in [6.45, 7) is 0. The molecule has 0 bridgehead atoms. The van der Waals surface area contributed by atoms with Crippen LogP contribution in [0, 0.1) is 6.20 Å². The molecule has 1 unspecified atom stereocenters. The first-order valence-electron chi connectivity index (χ1n) is 7.27. The van der Waals surface area contributed by atoms with E-state index in [-0.39, 0.29) is 0 Å². The number of pyridine rings is 1. The fourth-order valence-corrected chi connectivity index (χ4v) is 3.28. The summed E-state index contributed by atoms with van der Waals surface area (Å²) in [6, 6.07) is 19.4. The Labute approximate surface area is 119 Å². The molecule has 3 aromatic rings. The van der Waals surface area contributed by atoms with Gasteiger partial charge in [0, 0.05) is 17.0 Å². The molecule has 1 atom stereocenters. The first-order chi connectivity index (χ1) is 9.92. The molecular weight excluding hydrogens is 242 g/mol. The van der Waals surface area contributed by atoms with E-state index in [2.05, 4.69) is 59.7 Å². The van der Waals surface area contributed by atoms with E-state index in [0.29, 0.717) is 5.92 Å². The molecule has 1 heteroatoms. The number of hydrogen-bond acceptors (Lipinski definition) is 1. The van der Waals surface area contributed by atoms with E-state index in [1.165, 1.54) is 35.8 Å². The van der Waals surface area contributed by atoms with Crippen molar-refractivity contribution in [1.82, 2.24) is 4.98 Å². The van der Waals surface area contributed by atoms with E-state index in [9.17, 15) is 0 Å². The van der Waals surface area contributed by atoms with Gasteiger partial charge >= 0.3 is 0 Å². The Kier molecular flexibility index (Phi) is 2.77. The number of aryl methyl sites for hydroxylation is 1. The lowest BCUT2D eigenvalue weighted by molar-refractivity contribution is 0.605. The molecule has 20 heavy (non-hydrogen) atoms. The number of benzene rings is 2. The minimum Gasteiger partial charge on any atom is -0.250 e. The molecule has 1 aromatic heterocycles. The summed E-state index contributed by atoms with van der Waals surface area (Å²) in [5.41, 5.74) is 4.10. The highest BCUT2D eigenvalue weighted by Gasteiger charge is 2.22. The Balaban J connectivity index is 1.84. The van der Waals surface area contributed by atoms with Crippen LogP contribution in [0.1, 0.15) is 35.6 Å². The summed E-state index contributed by atoms with van der Waals surface area (Å²) in [5, 5.41) is 2.33. The van der Waals surface area contributed by atoms with E-state index in [1.54, 1.807) is 0 Å². The van der Waals surface area contributed by atoms with E-state index < -0.39 is 0 Å². The van der Waals surface area contributed by atoms with Gasteiger partial charge in [0.05, 0.1) is 6.20 Å². The molecule has 0 saturated carbocycles. The van der Waals surface area contributed by atoms with Gasteiger partial charge in [0.1, 0.15) is 0 Å². The van der Waals surface area contributed by atoms with Crippen LogP contribution < -0.4 is 0 Å². The first kappa shape index (κ1) is 11.7. The SMILES string of the molecule is [c]1nc(C2CCCc3ccccc32)cc2ccccc12. The lowest BCUT2D eigenvalue weighted by Crippen LogP contribution is -2.12. The number of nitrogens with zero attached hydrogens (tertiary/aromatic N) is 1. The maximum absolute atomic E-state index is 4.60. The maximum Gasteiger partial charge on any atom is 0.0974 e. The van der Waals surface area contributed by atoms with Crippen LogP contribution in [0.4, 0.5) is 0 Å². The van der Waals surface area contributed by atoms with E-state index >= 15 is 0 Å². The summed E-state index contributed by atoms with van der Waals surface area (Å²) in [4.78, 5) is 4.60. The quantitative estimate of drug-likeness (QED) is 0.626. The van der Waals surface area contributed by atoms with Crippen LogP contribution in [0.5, 0.6) is 0 Å². The topological polar surface area (TPSA) is 12.9 Å². The zero-order chi connectivity index (χ0) is 13.4. The van der Waals surface area contributed by atoms with Gasteiger partial charge in [-0.15, -0.1) is 0 Å². The van der Waals surface area contributed by atoms with Crippen LogP contribution in [0.2, 0.25) is 0 Å². The highest BCUT2D eigenvalue weighted by Crippen LogP contribution is 2.36. The van der Waals surface area contributed by atoms with Crippen molar-refractivity contribution in [1.29, 1.82) is 0 Å². The zero-order valence-electron chi connectivity index (χ0n) is 11.3. The molecule has 1 nitrogen and oxygen atoms in total. The maximum atomic E-state index is 4.60. The number of hydrogen-bond donors (Lipinski definition) is 0. The molecule has 1 aliphatic carbocycles. The predicted molar refractivity (Wildman–Crippen MR) is 81.8 cm³/mol. The summed E-state index contributed by atoms with van der Waals surface area (Å²) >= 11 is 0. The van der Waals surface area contributed by atoms with Gasteiger partial charge in [0.2, 0.25) is 0 Å². The molecule has 4 rings (SSSR count). The Morgan fingerprint density at radius 3 is 2.85 bits per heavy atom. The first-order valence-corrected chi connectivity index (χ1v) is 7.27. The molecule has 1 heterocycles. The second-order valence-corrected chi connectivity index (χ2v) is 5.52. The lowest BCUT2D eigenvalue weighted by Gasteiger charge is -2.25. The highest BCUT2D eigenvalue weighted by molar-refractivity contribution is 5.81. The fraction of sp³-hybridized carbons (Fsp3) is 0.211. The standard InChI is InChI=1S/C19H16N/c1-2-8-16-13-20-19(12-15(16)7-1)18-11-5-9-14-6-3-4-10-17(14)18/h1-4,6-8,10,12,18H,5,9,11H2. The minimum atomic E-state index is 0.431. The van der Waals surface area contributed by atoms with Crippen molar-refractivity contribution in [3.8, 4) is 0 Å². The van der Waals surface area contributed by atoms with Crippen LogP contribution >= 0.6 is 0 Å². The molecule has 0 N–H and O–H groups in total. The van der Waals surface area contributed by atoms with Crippen molar-refractivity contribution in [3.63, 3.8) is 0 Å². The molecule has 97 valence electrons. The van der Waals surface area contributed by atoms with Crippen LogP contribution in [0.15, 0.2) is 54.6 Å². The summed E-state index contributed by atoms with van der Waals surface area (Å²) in [6.07, 6.45) is 6.83. The van der Waals surface area contributed by atoms with Gasteiger partial charge in [-0.1, -0.05) is 48.5 Å². The number of rotatable bonds is 1. The third-order valence-corrected chi connectivity index (χ3v) is 4.30. The Morgan fingerprint density at radius 1 is 1.00 bits per heavy atom. The highest BCUT2D eigenvalue weighted by atomic mass is 14.7. The van der Waals surface area contributed by atoms with Gasteiger partial charge in [0.25, 0.3) is 0 Å². The Bertz CT molecular complexity index is 760. The largest absolute Gasteiger partial charge is 0.250 e. The van der Waals surface area contributed by atoms with Gasteiger partial charge in [-0.2, -0.15) is 0 Å². The van der Waals surface area contributed by atoms with Crippen LogP contribution in [0.25, 0.3) is 10.8 Å². The molecule has 1 radical (unpaired) electrons. The molecule has 0 amide bonds. The van der Waals surface area contributed by atoms with Crippen LogP contribution in [0.3, 0.4) is 0 Å². The molecule has 2 aromatic carbocycles. The molecule has 0 saturated heterocycles. The van der Waals surface area contributed by atoms with Gasteiger partial charge in [-0.3, -0.25) is 0 Å². The number of aromatic nitrogens is 1. The van der Waals surface area contributed by atoms with Gasteiger partial charge in [-0.25, -0.2) is 4.98 Å². The smallest absolute Gasteiger partial charge is 0.0974 e. The third-order valence-electron chi connectivity index (χ3n) is 4.30. The Morgan fingerprint density at radius 2 is 1.85 bits per heavy atom. The van der Waals surface area contributed by atoms with Crippen molar-refractivity contribution in [2.75, 3.05) is 0 Å². The van der Waals surface area contributed by atoms with Crippen LogP contribution in [-0.2, 0) is 6.42 Å². The van der Waals surface area contributed by atoms with E-state index in [4.69, 9.17) is 0 Å². The van der Waals surface area contributed by atoms with Crippen molar-refractivity contribution < 1.29 is 0 Å². The second kappa shape index (κ2) is 4.75. The van der Waals surface area contributed by atoms with Gasteiger partial charge in [0.15, 0.2) is 0 Å². The summed E-state index contributed by atoms with van der Waals surface area (Å²) < 4.78 is 0. The average Bonchev–Trinajstić information content (AvgIpc) is 2.54. The predicted octanol–water partition coefficient (Wildman–Crippen LogP) is 4.50. The summed E-state index contributed by atoms with van der Waals surface area (Å²) in [7, 11) is 0. The fourth-order valence-electron chi connectivity index (χ4n) is 3.28. The zero-order valence-corrected chi connectivity index (χ0v) is 11.3. The van der Waals surface area contributed by atoms with Crippen molar-refractivity contribution >= 4 is 10.8 Å². The van der Waals surface area contributed by atoms with Crippen molar-refractivity contribution in [2.24, 2.45) is 0 Å². The molecular formula is C19H16N.